The van der Waals surface area contributed by atoms with Gasteiger partial charge in [-0.05, 0) is 24.3 Å². The summed E-state index contributed by atoms with van der Waals surface area (Å²) in [5, 5.41) is 0.590. The highest BCUT2D eigenvalue weighted by Gasteiger charge is 2.19. The first-order valence-corrected chi connectivity index (χ1v) is 8.59. The maximum absolute atomic E-state index is 6.40. The van der Waals surface area contributed by atoms with E-state index >= 15 is 0 Å². The Morgan fingerprint density at radius 3 is 2.42 bits per heavy atom. The smallest absolute Gasteiger partial charge is 0.0204 e. The Kier molecular flexibility index (Phi) is 8.24. The summed E-state index contributed by atoms with van der Waals surface area (Å²) in [7, 11) is 0. The van der Waals surface area contributed by atoms with Gasteiger partial charge in [0.2, 0.25) is 0 Å². The molecule has 108 valence electrons. The van der Waals surface area contributed by atoms with Gasteiger partial charge in [0, 0.05) is 17.0 Å². The Bertz CT molecular complexity index is 323. The third-order valence-corrected chi connectivity index (χ3v) is 4.85. The zero-order chi connectivity index (χ0) is 14.1. The van der Waals surface area contributed by atoms with Gasteiger partial charge >= 0.3 is 0 Å². The van der Waals surface area contributed by atoms with Crippen molar-refractivity contribution in [3.63, 3.8) is 0 Å². The molecule has 0 saturated heterocycles. The van der Waals surface area contributed by atoms with Crippen molar-refractivity contribution in [2.75, 3.05) is 0 Å². The van der Waals surface area contributed by atoms with Gasteiger partial charge in [-0.2, -0.15) is 11.8 Å². The lowest BCUT2D eigenvalue weighted by Gasteiger charge is -2.25. The van der Waals surface area contributed by atoms with Crippen LogP contribution in [0.3, 0.4) is 0 Å². The Labute approximate surface area is 123 Å². The molecule has 0 saturated carbocycles. The number of thioether (sulfide) groups is 1. The molecule has 0 unspecified atom stereocenters. The Morgan fingerprint density at radius 1 is 1.16 bits per heavy atom. The van der Waals surface area contributed by atoms with Gasteiger partial charge in [0.05, 0.1) is 0 Å². The second-order valence-corrected chi connectivity index (χ2v) is 7.00. The van der Waals surface area contributed by atoms with Gasteiger partial charge in [0.15, 0.2) is 0 Å². The van der Waals surface area contributed by atoms with Crippen molar-refractivity contribution < 1.29 is 0 Å². The maximum Gasteiger partial charge on any atom is 0.0204 e. The van der Waals surface area contributed by atoms with Crippen LogP contribution < -0.4 is 5.73 Å². The van der Waals surface area contributed by atoms with Gasteiger partial charge in [0.25, 0.3) is 0 Å². The lowest BCUT2D eigenvalue weighted by molar-refractivity contribution is 0.480. The predicted molar refractivity (Wildman–Crippen MR) is 88.5 cm³/mol. The molecule has 2 heteroatoms. The highest BCUT2D eigenvalue weighted by Crippen LogP contribution is 2.27. The van der Waals surface area contributed by atoms with E-state index < -0.39 is 0 Å². The zero-order valence-corrected chi connectivity index (χ0v) is 13.5. The first kappa shape index (κ1) is 16.6. The van der Waals surface area contributed by atoms with Gasteiger partial charge in [0.1, 0.15) is 0 Å². The first-order valence-electron chi connectivity index (χ1n) is 7.54. The predicted octanol–water partition coefficient (Wildman–Crippen LogP) is 4.85. The number of benzene rings is 1. The lowest BCUT2D eigenvalue weighted by atomic mass is 9.99. The molecule has 0 aliphatic heterocycles. The van der Waals surface area contributed by atoms with Crippen molar-refractivity contribution in [1.29, 1.82) is 0 Å². The van der Waals surface area contributed by atoms with Crippen molar-refractivity contribution in [2.24, 2.45) is 11.7 Å². The molecule has 2 N–H and O–H groups in total. The van der Waals surface area contributed by atoms with Gasteiger partial charge < -0.3 is 5.73 Å². The third kappa shape index (κ3) is 7.03. The van der Waals surface area contributed by atoms with E-state index in [2.05, 4.69) is 51.1 Å². The molecule has 1 rings (SSSR count). The largest absolute Gasteiger partial charge is 0.327 e. The van der Waals surface area contributed by atoms with Crippen molar-refractivity contribution >= 4 is 11.8 Å². The van der Waals surface area contributed by atoms with Crippen molar-refractivity contribution in [2.45, 2.75) is 63.5 Å². The summed E-state index contributed by atoms with van der Waals surface area (Å²) >= 11 is 2.04. The second-order valence-electron chi connectivity index (χ2n) is 5.77. The Balaban J connectivity index is 2.49. The van der Waals surface area contributed by atoms with Gasteiger partial charge in [-0.3, -0.25) is 0 Å². The second kappa shape index (κ2) is 9.44. The standard InChI is InChI=1S/C17H29NS/c1-4-5-11-16(18)17(12-14(2)3)19-13-15-9-7-6-8-10-15/h6-10,14,16-17H,4-5,11-13,18H2,1-3H3/t16-,17+/m1/s1. The molecule has 1 aromatic carbocycles. The molecule has 0 aliphatic carbocycles. The van der Waals surface area contributed by atoms with Crippen molar-refractivity contribution in [1.82, 2.24) is 0 Å². The van der Waals surface area contributed by atoms with Crippen LogP contribution >= 0.6 is 11.8 Å². The lowest BCUT2D eigenvalue weighted by Crippen LogP contribution is -2.33. The molecular weight excluding hydrogens is 250 g/mol. The van der Waals surface area contributed by atoms with Crippen LogP contribution in [-0.2, 0) is 5.75 Å². The molecule has 0 heterocycles. The molecule has 0 fully saturated rings. The monoisotopic (exact) mass is 279 g/mol. The SMILES string of the molecule is CCCC[C@@H](N)[C@H](CC(C)C)SCc1ccccc1. The third-order valence-electron chi connectivity index (χ3n) is 3.38. The summed E-state index contributed by atoms with van der Waals surface area (Å²) in [4.78, 5) is 0. The molecule has 1 aromatic rings. The molecular formula is C17H29NS. The number of nitrogens with two attached hydrogens (primary N) is 1. The normalized spacial score (nSPS) is 14.6. The van der Waals surface area contributed by atoms with Gasteiger partial charge in [-0.15, -0.1) is 0 Å². The van der Waals surface area contributed by atoms with Crippen LogP contribution in [0.2, 0.25) is 0 Å². The topological polar surface area (TPSA) is 26.0 Å². The average molecular weight is 279 g/mol. The van der Waals surface area contributed by atoms with E-state index in [9.17, 15) is 0 Å². The number of hydrogen-bond acceptors (Lipinski definition) is 2. The molecule has 1 nitrogen and oxygen atoms in total. The highest BCUT2D eigenvalue weighted by molar-refractivity contribution is 7.99. The van der Waals surface area contributed by atoms with E-state index in [1.54, 1.807) is 0 Å². The molecule has 0 bridgehead atoms. The van der Waals surface area contributed by atoms with E-state index in [4.69, 9.17) is 5.73 Å². The Morgan fingerprint density at radius 2 is 1.84 bits per heavy atom. The van der Waals surface area contributed by atoms with Crippen LogP contribution in [0.5, 0.6) is 0 Å². The molecule has 0 aliphatic rings. The quantitative estimate of drug-likeness (QED) is 0.699. The fourth-order valence-corrected chi connectivity index (χ4v) is 3.74. The van der Waals surface area contributed by atoms with Crippen LogP contribution in [0.25, 0.3) is 0 Å². The van der Waals surface area contributed by atoms with E-state index in [0.717, 1.165) is 18.1 Å². The summed E-state index contributed by atoms with van der Waals surface area (Å²) in [6, 6.07) is 11.1. The van der Waals surface area contributed by atoms with Crippen LogP contribution in [0, 0.1) is 5.92 Å². The zero-order valence-electron chi connectivity index (χ0n) is 12.6. The van der Waals surface area contributed by atoms with E-state index in [0.29, 0.717) is 11.3 Å². The van der Waals surface area contributed by atoms with Crippen molar-refractivity contribution in [3.05, 3.63) is 35.9 Å². The summed E-state index contributed by atoms with van der Waals surface area (Å²) < 4.78 is 0. The van der Waals surface area contributed by atoms with Gasteiger partial charge in [-0.1, -0.05) is 63.9 Å². The molecule has 0 radical (unpaired) electrons. The molecule has 0 aromatic heterocycles. The molecule has 2 atom stereocenters. The highest BCUT2D eigenvalue weighted by atomic mass is 32.2. The molecule has 0 amide bonds. The fraction of sp³-hybridized carbons (Fsp3) is 0.647. The molecule has 0 spiro atoms. The maximum atomic E-state index is 6.40. The minimum atomic E-state index is 0.344. The minimum Gasteiger partial charge on any atom is -0.327 e. The Hall–Kier alpha value is -0.470. The van der Waals surface area contributed by atoms with E-state index in [-0.39, 0.29) is 0 Å². The average Bonchev–Trinajstić information content (AvgIpc) is 2.41. The van der Waals surface area contributed by atoms with Crippen LogP contribution in [0.4, 0.5) is 0 Å². The van der Waals surface area contributed by atoms with Crippen LogP contribution in [0.15, 0.2) is 30.3 Å². The summed E-state index contributed by atoms with van der Waals surface area (Å²) in [5.41, 5.74) is 7.80. The fourth-order valence-electron chi connectivity index (χ4n) is 2.23. The van der Waals surface area contributed by atoms with Crippen LogP contribution in [0.1, 0.15) is 52.0 Å². The van der Waals surface area contributed by atoms with Crippen molar-refractivity contribution in [3.8, 4) is 0 Å². The summed E-state index contributed by atoms with van der Waals surface area (Å²) in [5.74, 6) is 1.80. The summed E-state index contributed by atoms with van der Waals surface area (Å²) in [6.45, 7) is 6.83. The first-order chi connectivity index (χ1) is 9.13. The van der Waals surface area contributed by atoms with Gasteiger partial charge in [-0.25, -0.2) is 0 Å². The van der Waals surface area contributed by atoms with E-state index in [1.807, 2.05) is 11.8 Å². The number of unbranched alkanes of at least 4 members (excludes halogenated alkanes) is 1. The van der Waals surface area contributed by atoms with E-state index in [1.165, 1.54) is 24.8 Å². The number of hydrogen-bond donors (Lipinski definition) is 1. The molecule has 19 heavy (non-hydrogen) atoms. The van der Waals surface area contributed by atoms with Crippen LogP contribution in [-0.4, -0.2) is 11.3 Å². The summed E-state index contributed by atoms with van der Waals surface area (Å²) in [6.07, 6.45) is 4.88. The minimum absolute atomic E-state index is 0.344. The number of rotatable bonds is 9.